The molecular weight excluding hydrogens is 364 g/mol. The van der Waals surface area contributed by atoms with Crippen LogP contribution in [0.3, 0.4) is 0 Å². The zero-order chi connectivity index (χ0) is 20.2. The Balaban J connectivity index is 2.05. The van der Waals surface area contributed by atoms with E-state index in [-0.39, 0.29) is 12.4 Å². The first-order valence-electron chi connectivity index (χ1n) is 9.33. The molecule has 0 spiro atoms. The van der Waals surface area contributed by atoms with Crippen LogP contribution in [0.2, 0.25) is 0 Å². The van der Waals surface area contributed by atoms with Gasteiger partial charge in [0.05, 0.1) is 26.9 Å². The molecule has 0 saturated heterocycles. The van der Waals surface area contributed by atoms with E-state index in [1.165, 1.54) is 0 Å². The summed E-state index contributed by atoms with van der Waals surface area (Å²) in [6, 6.07) is 7.26. The van der Waals surface area contributed by atoms with Gasteiger partial charge in [0.2, 0.25) is 5.78 Å². The molecule has 1 fully saturated rings. The zero-order valence-corrected chi connectivity index (χ0v) is 16.2. The van der Waals surface area contributed by atoms with Crippen molar-refractivity contribution in [2.75, 3.05) is 20.8 Å². The highest BCUT2D eigenvalue weighted by atomic mass is 18.2. The molecule has 3 N–H and O–H groups in total. The van der Waals surface area contributed by atoms with Gasteiger partial charge in [0.15, 0.2) is 5.76 Å². The Morgan fingerprint density at radius 1 is 1.18 bits per heavy atom. The quantitative estimate of drug-likeness (QED) is 0.700. The first kappa shape index (κ1) is 18.8. The summed E-state index contributed by atoms with van der Waals surface area (Å²) in [5.74, 6) is -0.266. The highest BCUT2D eigenvalue weighted by Gasteiger charge is 2.50. The van der Waals surface area contributed by atoms with Gasteiger partial charge < -0.3 is 24.8 Å². The number of benzene rings is 2. The van der Waals surface area contributed by atoms with Crippen molar-refractivity contribution in [3.8, 4) is 11.5 Å². The van der Waals surface area contributed by atoms with Crippen molar-refractivity contribution in [3.05, 3.63) is 46.7 Å². The van der Waals surface area contributed by atoms with Gasteiger partial charge in [0, 0.05) is 27.7 Å². The van der Waals surface area contributed by atoms with Crippen molar-refractivity contribution in [1.29, 1.82) is 0 Å². The van der Waals surface area contributed by atoms with Crippen LogP contribution < -0.4 is 9.47 Å². The Morgan fingerprint density at radius 3 is 2.36 bits per heavy atom. The summed E-state index contributed by atoms with van der Waals surface area (Å²) in [6.45, 7) is 1.63. The monoisotopic (exact) mass is 388 g/mol. The molecule has 0 radical (unpaired) electrons. The third-order valence-electron chi connectivity index (χ3n) is 6.39. The van der Waals surface area contributed by atoms with E-state index in [2.05, 4.69) is 0 Å². The van der Waals surface area contributed by atoms with Gasteiger partial charge in [0.1, 0.15) is 11.5 Å². The smallest absolute Gasteiger partial charge is 0.227 e. The van der Waals surface area contributed by atoms with E-state index in [9.17, 15) is 20.1 Å². The molecule has 2 aliphatic rings. The molecule has 0 amide bonds. The minimum atomic E-state index is -0.792. The molecule has 1 saturated carbocycles. The van der Waals surface area contributed by atoms with Gasteiger partial charge in [-0.1, -0.05) is 6.92 Å². The fraction of sp³-hybridized carbons (Fsp3) is 0.409. The average Bonchev–Trinajstić information content (AvgIpc) is 2.71. The Morgan fingerprint density at radius 2 is 1.79 bits per heavy atom. The molecule has 0 aromatic heterocycles. The van der Waals surface area contributed by atoms with E-state index in [0.717, 1.165) is 16.3 Å². The summed E-state index contributed by atoms with van der Waals surface area (Å²) in [7, 11) is 3.15. The van der Waals surface area contributed by atoms with E-state index >= 15 is 0 Å². The van der Waals surface area contributed by atoms with Gasteiger partial charge in [-0.15, -0.1) is 0 Å². The maximum Gasteiger partial charge on any atom is 0.227 e. The number of rotatable bonds is 3. The van der Waals surface area contributed by atoms with Crippen LogP contribution in [-0.4, -0.2) is 48.0 Å². The van der Waals surface area contributed by atoms with Crippen LogP contribution in [0.1, 0.15) is 35.7 Å². The van der Waals surface area contributed by atoms with Gasteiger partial charge in [-0.3, -0.25) is 4.79 Å². The van der Waals surface area contributed by atoms with Crippen LogP contribution in [0.4, 0.5) is 0 Å². The Labute approximate surface area is 163 Å². The van der Waals surface area contributed by atoms with Gasteiger partial charge in [-0.25, -0.2) is 0 Å². The molecular formula is C22H24O6. The SMILES string of the molecule is COc1ccc(OC)c2cc3c(cc12)C(=[18O])C([18OH])=C1[C@@H](CO)[C@@H](O)CC[C@]13C. The number of allylic oxidation sites excluding steroid dienone is 1. The van der Waals surface area contributed by atoms with Crippen LogP contribution in [0.25, 0.3) is 10.8 Å². The van der Waals surface area contributed by atoms with E-state index < -0.39 is 23.2 Å². The average molecular weight is 388 g/mol. The molecule has 0 bridgehead atoms. The van der Waals surface area contributed by atoms with E-state index in [1.54, 1.807) is 26.4 Å². The number of fused-ring (bicyclic) bond motifs is 4. The van der Waals surface area contributed by atoms with Crippen LogP contribution >= 0.6 is 0 Å². The van der Waals surface area contributed by atoms with Gasteiger partial charge in [-0.05, 0) is 48.2 Å². The van der Waals surface area contributed by atoms with E-state index in [4.69, 9.17) is 9.47 Å². The second kappa shape index (κ2) is 6.50. The van der Waals surface area contributed by atoms with Crippen molar-refractivity contribution in [2.45, 2.75) is 31.3 Å². The number of ether oxygens (including phenoxy) is 2. The summed E-state index contributed by atoms with van der Waals surface area (Å²) < 4.78 is 11.0. The summed E-state index contributed by atoms with van der Waals surface area (Å²) >= 11 is 0. The van der Waals surface area contributed by atoms with Crippen molar-refractivity contribution < 1.29 is 29.6 Å². The number of carbonyl (C=O) groups excluding carboxylic acids is 1. The highest BCUT2D eigenvalue weighted by molar-refractivity contribution is 6.13. The van der Waals surface area contributed by atoms with Crippen molar-refractivity contribution in [2.24, 2.45) is 5.92 Å². The maximum atomic E-state index is 13.0. The summed E-state index contributed by atoms with van der Waals surface area (Å²) in [4.78, 5) is 13.0. The molecule has 0 aliphatic heterocycles. The number of Topliss-reactive ketones (excluding diaryl/α,β-unsaturated/α-hetero) is 1. The molecule has 148 valence electrons. The number of aliphatic hydroxyl groups excluding tert-OH is 3. The molecule has 2 aromatic rings. The van der Waals surface area contributed by atoms with Crippen LogP contribution in [0.5, 0.6) is 11.5 Å². The second-order valence-corrected chi connectivity index (χ2v) is 7.73. The lowest BCUT2D eigenvalue weighted by atomic mass is 9.58. The minimum absolute atomic E-state index is 0.330. The maximum absolute atomic E-state index is 13.0. The van der Waals surface area contributed by atoms with Gasteiger partial charge in [-0.2, -0.15) is 0 Å². The lowest BCUT2D eigenvalue weighted by Crippen LogP contribution is -2.46. The fourth-order valence-corrected chi connectivity index (χ4v) is 4.89. The second-order valence-electron chi connectivity index (χ2n) is 7.73. The first-order chi connectivity index (χ1) is 13.4. The van der Waals surface area contributed by atoms with Gasteiger partial charge >= 0.3 is 0 Å². The number of hydrogen-bond donors (Lipinski definition) is 3. The first-order valence-corrected chi connectivity index (χ1v) is 9.33. The summed E-state index contributed by atoms with van der Waals surface area (Å²) in [5.41, 5.74) is 0.945. The lowest BCUT2D eigenvalue weighted by Gasteiger charge is -2.46. The number of methoxy groups -OCH3 is 2. The molecule has 2 aromatic carbocycles. The number of ketones is 1. The molecule has 6 nitrogen and oxygen atoms in total. The van der Waals surface area contributed by atoms with Crippen LogP contribution in [0.15, 0.2) is 35.6 Å². The summed E-state index contributed by atoms with van der Waals surface area (Å²) in [5, 5.41) is 32.5. The zero-order valence-electron chi connectivity index (χ0n) is 16.2. The number of hydrogen-bond acceptors (Lipinski definition) is 6. The molecule has 3 atom stereocenters. The Hall–Kier alpha value is -2.57. The van der Waals surface area contributed by atoms with Crippen molar-refractivity contribution >= 4 is 16.6 Å². The molecule has 28 heavy (non-hydrogen) atoms. The summed E-state index contributed by atoms with van der Waals surface area (Å²) in [6.07, 6.45) is 0.237. The topological polar surface area (TPSA) is 96.2 Å². The molecule has 4 rings (SSSR count). The normalized spacial score (nSPS) is 26.8. The fourth-order valence-electron chi connectivity index (χ4n) is 4.89. The van der Waals surface area contributed by atoms with Crippen LogP contribution in [-0.2, 0) is 5.41 Å². The molecule has 0 heterocycles. The number of carbonyl (C=O) groups is 1. The van der Waals surface area contributed by atoms with Crippen molar-refractivity contribution in [1.82, 2.24) is 0 Å². The van der Waals surface area contributed by atoms with Crippen molar-refractivity contribution in [3.63, 3.8) is 0 Å². The highest BCUT2D eigenvalue weighted by Crippen LogP contribution is 2.52. The van der Waals surface area contributed by atoms with E-state index in [1.807, 2.05) is 19.1 Å². The Kier molecular flexibility index (Phi) is 4.36. The lowest BCUT2D eigenvalue weighted by molar-refractivity contribution is 0.0417. The Bertz CT molecular complexity index is 1010. The molecule has 2 aliphatic carbocycles. The predicted molar refractivity (Wildman–Crippen MR) is 104 cm³/mol. The standard InChI is InChI=1S/C22H24O6/c1-22-7-6-16(24)14(10-23)19(22)21(26)20(25)13-8-11-12(9-15(13)22)18(28-3)5-4-17(11)27-2/h4-5,8-9,14,16,23-24,26H,6-7,10H2,1-3H3/t14-,16-,22-/m0/s1/i25+2,26+2. The third-order valence-corrected chi connectivity index (χ3v) is 6.39. The van der Waals surface area contributed by atoms with Crippen LogP contribution in [0, 0.1) is 5.92 Å². The number of aliphatic hydroxyl groups is 3. The predicted octanol–water partition coefficient (Wildman–Crippen LogP) is 2.89. The van der Waals surface area contributed by atoms with Gasteiger partial charge in [0.25, 0.3) is 0 Å². The minimum Gasteiger partial charge on any atom is -0.504 e. The van der Waals surface area contributed by atoms with E-state index in [0.29, 0.717) is 35.5 Å². The largest absolute Gasteiger partial charge is 0.504 e. The third kappa shape index (κ3) is 2.38. The molecule has 0 unspecified atom stereocenters. The molecule has 6 heteroatoms.